The lowest BCUT2D eigenvalue weighted by atomic mass is 10.1. The molecule has 19 heavy (non-hydrogen) atoms. The molecule has 3 nitrogen and oxygen atoms in total. The van der Waals surface area contributed by atoms with Crippen LogP contribution in [0.15, 0.2) is 24.3 Å². The van der Waals surface area contributed by atoms with Gasteiger partial charge in [0.15, 0.2) is 6.29 Å². The van der Waals surface area contributed by atoms with Crippen LogP contribution in [0, 0.1) is 12.8 Å². The predicted octanol–water partition coefficient (Wildman–Crippen LogP) is 3.30. The van der Waals surface area contributed by atoms with E-state index >= 15 is 0 Å². The molecule has 0 radical (unpaired) electrons. The molecule has 3 heteroatoms. The van der Waals surface area contributed by atoms with Gasteiger partial charge in [-0.1, -0.05) is 38.1 Å². The molecule has 0 N–H and O–H groups in total. The van der Waals surface area contributed by atoms with Crippen molar-refractivity contribution in [3.8, 4) is 0 Å². The average Bonchev–Trinajstić information content (AvgIpc) is 2.39. The minimum absolute atomic E-state index is 0.00889. The fraction of sp³-hybridized carbons (Fsp3) is 0.625. The van der Waals surface area contributed by atoms with Crippen LogP contribution in [0.3, 0.4) is 0 Å². The zero-order valence-electron chi connectivity index (χ0n) is 12.3. The topological polar surface area (TPSA) is 27.7 Å². The second-order valence-corrected chi connectivity index (χ2v) is 5.56. The van der Waals surface area contributed by atoms with Crippen LogP contribution in [-0.2, 0) is 20.8 Å². The van der Waals surface area contributed by atoms with Gasteiger partial charge in [-0.3, -0.25) is 0 Å². The summed E-state index contributed by atoms with van der Waals surface area (Å²) in [6.07, 6.45) is -0.0203. The van der Waals surface area contributed by atoms with Crippen LogP contribution < -0.4 is 0 Å². The van der Waals surface area contributed by atoms with Crippen LogP contribution in [0.1, 0.15) is 31.9 Å². The Balaban J connectivity index is 1.86. The number of hydrogen-bond donors (Lipinski definition) is 0. The Labute approximate surface area is 115 Å². The van der Waals surface area contributed by atoms with E-state index in [1.54, 1.807) is 0 Å². The maximum atomic E-state index is 5.94. The highest BCUT2D eigenvalue weighted by Crippen LogP contribution is 2.21. The molecule has 0 spiro atoms. The molecule has 0 aromatic heterocycles. The Morgan fingerprint density at radius 1 is 1.32 bits per heavy atom. The van der Waals surface area contributed by atoms with Crippen molar-refractivity contribution in [2.24, 2.45) is 5.92 Å². The zero-order valence-corrected chi connectivity index (χ0v) is 12.3. The highest BCUT2D eigenvalue weighted by Gasteiger charge is 2.31. The minimum atomic E-state index is -0.103. The van der Waals surface area contributed by atoms with Crippen molar-refractivity contribution in [1.29, 1.82) is 0 Å². The Bertz CT molecular complexity index is 403. The van der Waals surface area contributed by atoms with E-state index in [4.69, 9.17) is 14.2 Å². The maximum Gasteiger partial charge on any atom is 0.160 e. The molecule has 0 bridgehead atoms. The van der Waals surface area contributed by atoms with Crippen LogP contribution in [0.2, 0.25) is 0 Å². The van der Waals surface area contributed by atoms with Crippen LogP contribution in [0.5, 0.6) is 0 Å². The van der Waals surface area contributed by atoms with E-state index in [0.29, 0.717) is 19.1 Å². The molecule has 0 unspecified atom stereocenters. The number of ether oxygens (including phenoxy) is 3. The third-order valence-electron chi connectivity index (χ3n) is 3.56. The lowest BCUT2D eigenvalue weighted by Crippen LogP contribution is -2.45. The number of rotatable bonds is 4. The molecule has 1 heterocycles. The molecule has 1 aliphatic heterocycles. The van der Waals surface area contributed by atoms with Gasteiger partial charge in [0, 0.05) is 5.92 Å². The molecule has 0 saturated carbocycles. The summed E-state index contributed by atoms with van der Waals surface area (Å²) in [5, 5.41) is 0. The molecule has 1 saturated heterocycles. The molecule has 1 fully saturated rings. The molecule has 106 valence electrons. The van der Waals surface area contributed by atoms with E-state index in [2.05, 4.69) is 39.8 Å². The van der Waals surface area contributed by atoms with E-state index in [9.17, 15) is 0 Å². The number of aryl methyl sites for hydroxylation is 1. The Morgan fingerprint density at radius 3 is 2.68 bits per heavy atom. The molecule has 2 rings (SSSR count). The second kappa shape index (κ2) is 6.51. The molecule has 3 atom stereocenters. The third kappa shape index (κ3) is 3.78. The standard InChI is InChI=1S/C16H24O3/c1-11(2)16-18-10-15(13(4)19-16)17-9-14-8-6-5-7-12(14)3/h5-8,11,13,15-16H,9-10H2,1-4H3/t13-,15-,16+/m1/s1. The van der Waals surface area contributed by atoms with E-state index < -0.39 is 0 Å². The Kier molecular flexibility index (Phi) is 4.97. The smallest absolute Gasteiger partial charge is 0.160 e. The fourth-order valence-corrected chi connectivity index (χ4v) is 2.17. The quantitative estimate of drug-likeness (QED) is 0.835. The second-order valence-electron chi connectivity index (χ2n) is 5.56. The molecule has 0 aliphatic carbocycles. The maximum absolute atomic E-state index is 5.94. The minimum Gasteiger partial charge on any atom is -0.368 e. The summed E-state index contributed by atoms with van der Waals surface area (Å²) < 4.78 is 17.5. The lowest BCUT2D eigenvalue weighted by molar-refractivity contribution is -0.272. The van der Waals surface area contributed by atoms with Gasteiger partial charge in [0.1, 0.15) is 6.10 Å². The lowest BCUT2D eigenvalue weighted by Gasteiger charge is -2.36. The fourth-order valence-electron chi connectivity index (χ4n) is 2.17. The highest BCUT2D eigenvalue weighted by atomic mass is 16.7. The van der Waals surface area contributed by atoms with Crippen molar-refractivity contribution in [2.75, 3.05) is 6.61 Å². The summed E-state index contributed by atoms with van der Waals surface area (Å²) in [7, 11) is 0. The molecular weight excluding hydrogens is 240 g/mol. The summed E-state index contributed by atoms with van der Waals surface area (Å²) in [4.78, 5) is 0. The van der Waals surface area contributed by atoms with E-state index in [0.717, 1.165) is 0 Å². The van der Waals surface area contributed by atoms with Gasteiger partial charge in [-0.2, -0.15) is 0 Å². The predicted molar refractivity (Wildman–Crippen MR) is 74.9 cm³/mol. The van der Waals surface area contributed by atoms with Crippen LogP contribution in [0.4, 0.5) is 0 Å². The van der Waals surface area contributed by atoms with Gasteiger partial charge >= 0.3 is 0 Å². The van der Waals surface area contributed by atoms with Gasteiger partial charge in [-0.25, -0.2) is 0 Å². The average molecular weight is 264 g/mol. The van der Waals surface area contributed by atoms with E-state index in [-0.39, 0.29) is 18.5 Å². The normalized spacial score (nSPS) is 27.7. The van der Waals surface area contributed by atoms with Crippen LogP contribution in [-0.4, -0.2) is 25.1 Å². The number of benzene rings is 1. The Hall–Kier alpha value is -0.900. The van der Waals surface area contributed by atoms with Gasteiger partial charge in [0.2, 0.25) is 0 Å². The molecule has 1 aromatic rings. The summed E-state index contributed by atoms with van der Waals surface area (Å²) >= 11 is 0. The largest absolute Gasteiger partial charge is 0.368 e. The highest BCUT2D eigenvalue weighted by molar-refractivity contribution is 5.24. The van der Waals surface area contributed by atoms with Crippen molar-refractivity contribution < 1.29 is 14.2 Å². The van der Waals surface area contributed by atoms with Crippen molar-refractivity contribution in [3.63, 3.8) is 0 Å². The van der Waals surface area contributed by atoms with Gasteiger partial charge in [-0.15, -0.1) is 0 Å². The van der Waals surface area contributed by atoms with Gasteiger partial charge in [0.25, 0.3) is 0 Å². The third-order valence-corrected chi connectivity index (χ3v) is 3.56. The summed E-state index contributed by atoms with van der Waals surface area (Å²) in [6.45, 7) is 9.58. The summed E-state index contributed by atoms with van der Waals surface area (Å²) in [6, 6.07) is 8.28. The van der Waals surface area contributed by atoms with Crippen molar-refractivity contribution in [3.05, 3.63) is 35.4 Å². The molecule has 1 aliphatic rings. The van der Waals surface area contributed by atoms with E-state index in [1.165, 1.54) is 11.1 Å². The van der Waals surface area contributed by atoms with E-state index in [1.807, 2.05) is 12.1 Å². The van der Waals surface area contributed by atoms with Gasteiger partial charge in [0.05, 0.1) is 19.3 Å². The first-order chi connectivity index (χ1) is 9.08. The SMILES string of the molecule is Cc1ccccc1CO[C@@H]1CO[C@H](C(C)C)O[C@@H]1C. The molecule has 0 amide bonds. The monoisotopic (exact) mass is 264 g/mol. The first-order valence-corrected chi connectivity index (χ1v) is 7.01. The number of hydrogen-bond acceptors (Lipinski definition) is 3. The molecule has 1 aromatic carbocycles. The van der Waals surface area contributed by atoms with Crippen LogP contribution >= 0.6 is 0 Å². The van der Waals surface area contributed by atoms with Gasteiger partial charge < -0.3 is 14.2 Å². The summed E-state index contributed by atoms with van der Waals surface area (Å²) in [5.41, 5.74) is 2.48. The van der Waals surface area contributed by atoms with Crippen molar-refractivity contribution in [2.45, 2.75) is 52.8 Å². The van der Waals surface area contributed by atoms with Crippen LogP contribution in [0.25, 0.3) is 0 Å². The van der Waals surface area contributed by atoms with Crippen molar-refractivity contribution >= 4 is 0 Å². The Morgan fingerprint density at radius 2 is 2.05 bits per heavy atom. The van der Waals surface area contributed by atoms with Crippen molar-refractivity contribution in [1.82, 2.24) is 0 Å². The first kappa shape index (κ1) is 14.5. The summed E-state index contributed by atoms with van der Waals surface area (Å²) in [5.74, 6) is 0.375. The first-order valence-electron chi connectivity index (χ1n) is 7.01. The molecular formula is C16H24O3. The van der Waals surface area contributed by atoms with Gasteiger partial charge in [-0.05, 0) is 25.0 Å². The zero-order chi connectivity index (χ0) is 13.8.